The number of ether oxygens (including phenoxy) is 1. The van der Waals surface area contributed by atoms with Crippen molar-refractivity contribution in [2.75, 3.05) is 18.1 Å². The first-order valence-electron chi connectivity index (χ1n) is 8.95. The molecule has 0 saturated heterocycles. The van der Waals surface area contributed by atoms with Gasteiger partial charge in [0.1, 0.15) is 12.6 Å². The molecule has 0 fully saturated rings. The van der Waals surface area contributed by atoms with Gasteiger partial charge in [0.15, 0.2) is 0 Å². The second-order valence-corrected chi connectivity index (χ2v) is 7.08. The largest absolute Gasteiger partial charge is 0.480 e. The molecule has 2 aromatic rings. The lowest BCUT2D eigenvalue weighted by Gasteiger charge is -2.26. The smallest absolute Gasteiger partial charge is 0.323 e. The third kappa shape index (κ3) is 6.17. The summed E-state index contributed by atoms with van der Waals surface area (Å²) < 4.78 is 5.14. The number of nitrogens with one attached hydrogen (secondary N) is 1. The molecule has 0 spiro atoms. The molecule has 0 bridgehead atoms. The molecule has 0 aliphatic heterocycles. The van der Waals surface area contributed by atoms with Crippen molar-refractivity contribution in [1.82, 2.24) is 5.32 Å². The zero-order valence-electron chi connectivity index (χ0n) is 15.8. The van der Waals surface area contributed by atoms with Crippen LogP contribution in [0.1, 0.15) is 19.4 Å². The number of carbonyl (C=O) groups excluding carboxylic acids is 2. The number of benzene rings is 1. The minimum atomic E-state index is -1.11. The number of rotatable bonds is 10. The first-order valence-corrected chi connectivity index (χ1v) is 9.83. The van der Waals surface area contributed by atoms with Crippen LogP contribution in [0.2, 0.25) is 0 Å². The number of carbonyl (C=O) groups is 3. The normalized spacial score (nSPS) is 12.8. The van der Waals surface area contributed by atoms with Gasteiger partial charge in [-0.1, -0.05) is 30.3 Å². The Morgan fingerprint density at radius 3 is 2.46 bits per heavy atom. The summed E-state index contributed by atoms with van der Waals surface area (Å²) in [5.41, 5.74) is 0.924. The van der Waals surface area contributed by atoms with E-state index in [0.29, 0.717) is 11.4 Å². The molecular weight excluding hydrogens is 380 g/mol. The van der Waals surface area contributed by atoms with Crippen molar-refractivity contribution in [3.05, 3.63) is 53.4 Å². The summed E-state index contributed by atoms with van der Waals surface area (Å²) in [4.78, 5) is 37.7. The van der Waals surface area contributed by atoms with Gasteiger partial charge in [0, 0.05) is 0 Å². The highest BCUT2D eigenvalue weighted by Gasteiger charge is 2.29. The first kappa shape index (κ1) is 21.6. The van der Waals surface area contributed by atoms with Crippen molar-refractivity contribution in [3.8, 4) is 0 Å². The second kappa shape index (κ2) is 10.6. The van der Waals surface area contributed by atoms with Crippen molar-refractivity contribution in [2.45, 2.75) is 32.4 Å². The number of thiophene rings is 1. The van der Waals surface area contributed by atoms with Crippen LogP contribution in [0.15, 0.2) is 47.8 Å². The Morgan fingerprint density at radius 2 is 1.89 bits per heavy atom. The second-order valence-electron chi connectivity index (χ2n) is 6.15. The third-order valence-electron chi connectivity index (χ3n) is 4.01. The topological polar surface area (TPSA) is 95.9 Å². The number of hydrogen-bond acceptors (Lipinski definition) is 6. The quantitative estimate of drug-likeness (QED) is 0.590. The number of hydrogen-bond donors (Lipinski definition) is 2. The highest BCUT2D eigenvalue weighted by molar-refractivity contribution is 7.14. The molecule has 0 radical (unpaired) electrons. The van der Waals surface area contributed by atoms with Gasteiger partial charge in [-0.2, -0.15) is 0 Å². The number of esters is 1. The van der Waals surface area contributed by atoms with E-state index < -0.39 is 36.5 Å². The third-order valence-corrected chi connectivity index (χ3v) is 4.90. The number of anilines is 1. The van der Waals surface area contributed by atoms with Gasteiger partial charge >= 0.3 is 11.9 Å². The molecule has 1 aromatic carbocycles. The lowest BCUT2D eigenvalue weighted by atomic mass is 10.0. The van der Waals surface area contributed by atoms with Crippen molar-refractivity contribution >= 4 is 34.2 Å². The predicted octanol–water partition coefficient (Wildman–Crippen LogP) is 2.32. The Hall–Kier alpha value is -2.71. The van der Waals surface area contributed by atoms with E-state index in [0.717, 1.165) is 5.56 Å². The maximum atomic E-state index is 12.9. The molecule has 1 aromatic heterocycles. The minimum absolute atomic E-state index is 0.231. The van der Waals surface area contributed by atoms with E-state index in [2.05, 4.69) is 5.32 Å². The lowest BCUT2D eigenvalue weighted by molar-refractivity contribution is -0.146. The van der Waals surface area contributed by atoms with Crippen LogP contribution >= 0.6 is 11.3 Å². The molecule has 2 N–H and O–H groups in total. The van der Waals surface area contributed by atoms with E-state index in [4.69, 9.17) is 9.84 Å². The van der Waals surface area contributed by atoms with E-state index in [1.807, 2.05) is 30.3 Å². The van der Waals surface area contributed by atoms with Gasteiger partial charge in [-0.05, 0) is 43.3 Å². The molecule has 2 unspecified atom stereocenters. The maximum absolute atomic E-state index is 12.9. The number of carboxylic acids is 1. The van der Waals surface area contributed by atoms with Crippen LogP contribution in [-0.4, -0.2) is 48.2 Å². The van der Waals surface area contributed by atoms with Gasteiger partial charge in [0.2, 0.25) is 5.91 Å². The molecule has 1 amide bonds. The van der Waals surface area contributed by atoms with E-state index in [9.17, 15) is 14.4 Å². The number of amides is 1. The van der Waals surface area contributed by atoms with E-state index in [1.54, 1.807) is 31.4 Å². The van der Waals surface area contributed by atoms with Crippen LogP contribution in [0.4, 0.5) is 5.00 Å². The zero-order valence-corrected chi connectivity index (χ0v) is 16.6. The Labute approximate surface area is 167 Å². The van der Waals surface area contributed by atoms with Crippen LogP contribution in [-0.2, 0) is 25.5 Å². The minimum Gasteiger partial charge on any atom is -0.480 e. The standard InChI is InChI=1S/C20H24N2O5S/c1-3-27-20(26)16(12-15-8-5-4-6-9-15)21-14(2)19(25)22(13-18(23)24)17-10-7-11-28-17/h4-11,14,16,21H,3,12-13H2,1-2H3,(H,23,24). The number of aliphatic carboxylic acids is 1. The Bertz CT molecular complexity index is 779. The van der Waals surface area contributed by atoms with E-state index in [-0.39, 0.29) is 6.61 Å². The molecule has 28 heavy (non-hydrogen) atoms. The molecule has 0 saturated carbocycles. The molecule has 1 heterocycles. The average molecular weight is 404 g/mol. The van der Waals surface area contributed by atoms with Crippen molar-refractivity contribution in [2.24, 2.45) is 0 Å². The van der Waals surface area contributed by atoms with Crippen LogP contribution < -0.4 is 10.2 Å². The molecular formula is C20H24N2O5S. The Kier molecular flexibility index (Phi) is 8.16. The zero-order chi connectivity index (χ0) is 20.5. The summed E-state index contributed by atoms with van der Waals surface area (Å²) in [6, 6.07) is 11.3. The fraction of sp³-hybridized carbons (Fsp3) is 0.350. The molecule has 2 rings (SSSR count). The first-order chi connectivity index (χ1) is 13.4. The lowest BCUT2D eigenvalue weighted by Crippen LogP contribution is -2.52. The average Bonchev–Trinajstić information content (AvgIpc) is 3.20. The van der Waals surface area contributed by atoms with Crippen molar-refractivity contribution in [3.63, 3.8) is 0 Å². The molecule has 8 heteroatoms. The monoisotopic (exact) mass is 404 g/mol. The SMILES string of the molecule is CCOC(=O)C(Cc1ccccc1)NC(C)C(=O)N(CC(=O)O)c1cccs1. The van der Waals surface area contributed by atoms with Gasteiger partial charge in [-0.15, -0.1) is 11.3 Å². The summed E-state index contributed by atoms with van der Waals surface area (Å²) >= 11 is 1.28. The summed E-state index contributed by atoms with van der Waals surface area (Å²) in [7, 11) is 0. The summed E-state index contributed by atoms with van der Waals surface area (Å²) in [5.74, 6) is -1.99. The Balaban J connectivity index is 2.15. The van der Waals surface area contributed by atoms with Gasteiger partial charge < -0.3 is 9.84 Å². The van der Waals surface area contributed by atoms with Crippen LogP contribution in [0.3, 0.4) is 0 Å². The van der Waals surface area contributed by atoms with Gasteiger partial charge in [-0.25, -0.2) is 0 Å². The van der Waals surface area contributed by atoms with Gasteiger partial charge in [0.25, 0.3) is 0 Å². The van der Waals surface area contributed by atoms with Crippen molar-refractivity contribution < 1.29 is 24.2 Å². The molecule has 0 aliphatic carbocycles. The molecule has 0 aliphatic rings. The fourth-order valence-electron chi connectivity index (χ4n) is 2.73. The highest BCUT2D eigenvalue weighted by atomic mass is 32.1. The number of nitrogens with zero attached hydrogens (tertiary/aromatic N) is 1. The molecule has 150 valence electrons. The van der Waals surface area contributed by atoms with E-state index in [1.165, 1.54) is 16.2 Å². The summed E-state index contributed by atoms with van der Waals surface area (Å²) in [6.45, 7) is 3.11. The van der Waals surface area contributed by atoms with Crippen LogP contribution in [0, 0.1) is 0 Å². The summed E-state index contributed by atoms with van der Waals surface area (Å²) in [5, 5.41) is 14.5. The predicted molar refractivity (Wildman–Crippen MR) is 107 cm³/mol. The molecule has 2 atom stereocenters. The van der Waals surface area contributed by atoms with Crippen LogP contribution in [0.25, 0.3) is 0 Å². The molecule has 7 nitrogen and oxygen atoms in total. The van der Waals surface area contributed by atoms with E-state index >= 15 is 0 Å². The highest BCUT2D eigenvalue weighted by Crippen LogP contribution is 2.22. The Morgan fingerprint density at radius 1 is 1.18 bits per heavy atom. The van der Waals surface area contributed by atoms with Crippen LogP contribution in [0.5, 0.6) is 0 Å². The summed E-state index contributed by atoms with van der Waals surface area (Å²) in [6.07, 6.45) is 0.356. The number of carboxylic acid groups (broad SMARTS) is 1. The van der Waals surface area contributed by atoms with Gasteiger partial charge in [0.05, 0.1) is 17.6 Å². The fourth-order valence-corrected chi connectivity index (χ4v) is 3.47. The van der Waals surface area contributed by atoms with Gasteiger partial charge in [-0.3, -0.25) is 24.6 Å². The maximum Gasteiger partial charge on any atom is 0.323 e. The van der Waals surface area contributed by atoms with Crippen molar-refractivity contribution in [1.29, 1.82) is 0 Å².